The Hall–Kier alpha value is -2.17. The van der Waals surface area contributed by atoms with Crippen molar-refractivity contribution in [3.05, 3.63) is 50.1 Å². The van der Waals surface area contributed by atoms with Gasteiger partial charge in [-0.25, -0.2) is 4.79 Å². The molecule has 96 valence electrons. The maximum Gasteiger partial charge on any atom is 0.331 e. The van der Waals surface area contributed by atoms with E-state index >= 15 is 0 Å². The highest BCUT2D eigenvalue weighted by Crippen LogP contribution is 2.14. The molecule has 0 saturated carbocycles. The molecule has 2 amide bonds. The van der Waals surface area contributed by atoms with Crippen LogP contribution in [0.25, 0.3) is 0 Å². The molecule has 0 saturated heterocycles. The Balaban J connectivity index is 1.87. The van der Waals surface area contributed by atoms with Crippen LogP contribution in [0.5, 0.6) is 0 Å². The van der Waals surface area contributed by atoms with Gasteiger partial charge in [0.2, 0.25) is 0 Å². The van der Waals surface area contributed by atoms with Crippen LogP contribution in [0.1, 0.15) is 0 Å². The molecule has 2 aliphatic heterocycles. The van der Waals surface area contributed by atoms with Gasteiger partial charge in [0.05, 0.1) is 13.3 Å². The highest BCUT2D eigenvalue weighted by Gasteiger charge is 2.25. The van der Waals surface area contributed by atoms with E-state index in [1.165, 1.54) is 0 Å². The third-order valence-corrected chi connectivity index (χ3v) is 2.80. The fourth-order valence-corrected chi connectivity index (χ4v) is 1.91. The van der Waals surface area contributed by atoms with Gasteiger partial charge in [-0.1, -0.05) is 12.2 Å². The molecule has 2 aliphatic rings. The lowest BCUT2D eigenvalue weighted by atomic mass is 10.5. The van der Waals surface area contributed by atoms with Crippen LogP contribution in [0.4, 0.5) is 4.79 Å². The lowest BCUT2D eigenvalue weighted by Crippen LogP contribution is -2.40. The van der Waals surface area contributed by atoms with Crippen LogP contribution in [0.15, 0.2) is 50.1 Å². The van der Waals surface area contributed by atoms with Crippen LogP contribution in [0.3, 0.4) is 0 Å². The lowest BCUT2D eigenvalue weighted by molar-refractivity contribution is 0.169. The summed E-state index contributed by atoms with van der Waals surface area (Å²) in [6, 6.07) is -0.0133. The average Bonchev–Trinajstić information content (AvgIpc) is 2.98. The highest BCUT2D eigenvalue weighted by molar-refractivity contribution is 5.77. The van der Waals surface area contributed by atoms with Crippen molar-refractivity contribution in [2.75, 3.05) is 26.4 Å². The van der Waals surface area contributed by atoms with Crippen molar-refractivity contribution in [1.82, 2.24) is 19.6 Å². The molecular weight excluding hydrogens is 228 g/mol. The number of nitrogens with zero attached hydrogens (tertiary/aromatic N) is 4. The third-order valence-electron chi connectivity index (χ3n) is 2.80. The molecule has 0 N–H and O–H groups in total. The second-order valence-corrected chi connectivity index (χ2v) is 4.22. The molecule has 0 radical (unpaired) electrons. The summed E-state index contributed by atoms with van der Waals surface area (Å²) in [5.74, 6) is 0. The minimum absolute atomic E-state index is 0.0133. The number of amides is 2. The van der Waals surface area contributed by atoms with Gasteiger partial charge in [-0.05, 0) is 0 Å². The van der Waals surface area contributed by atoms with E-state index in [1.807, 2.05) is 34.4 Å². The van der Waals surface area contributed by atoms with Crippen molar-refractivity contribution >= 4 is 6.03 Å². The van der Waals surface area contributed by atoms with Gasteiger partial charge >= 0.3 is 6.03 Å². The van der Waals surface area contributed by atoms with Crippen molar-refractivity contribution in [1.29, 1.82) is 0 Å². The molecule has 5 nitrogen and oxygen atoms in total. The van der Waals surface area contributed by atoms with Gasteiger partial charge in [0.15, 0.2) is 0 Å². The van der Waals surface area contributed by atoms with E-state index in [0.717, 1.165) is 13.1 Å². The van der Waals surface area contributed by atoms with Crippen molar-refractivity contribution < 1.29 is 4.79 Å². The van der Waals surface area contributed by atoms with Crippen molar-refractivity contribution in [2.45, 2.75) is 0 Å². The molecule has 0 aliphatic carbocycles. The smallest absolute Gasteiger partial charge is 0.331 e. The molecule has 2 rings (SSSR count). The Kier molecular flexibility index (Phi) is 3.72. The average molecular weight is 246 g/mol. The number of rotatable bonds is 4. The van der Waals surface area contributed by atoms with Crippen LogP contribution in [0.2, 0.25) is 0 Å². The third kappa shape index (κ3) is 2.56. The Morgan fingerprint density at radius 3 is 1.78 bits per heavy atom. The van der Waals surface area contributed by atoms with Crippen molar-refractivity contribution in [3.63, 3.8) is 0 Å². The first kappa shape index (κ1) is 12.3. The summed E-state index contributed by atoms with van der Waals surface area (Å²) in [6.07, 6.45) is 11.0. The molecular formula is C13H18N4O. The number of carbonyl (C=O) groups is 1. The summed E-state index contributed by atoms with van der Waals surface area (Å²) in [5.41, 5.74) is 0. The standard InChI is InChI=1S/C13H18N4O/c1-3-5-14-7-9-16(11-14)13(18)17-10-8-15(12-17)6-4-2/h3-4,7-10H,1-2,5-6,11-12H2. The quantitative estimate of drug-likeness (QED) is 0.705. The minimum atomic E-state index is -0.0133. The van der Waals surface area contributed by atoms with Crippen LogP contribution in [0, 0.1) is 0 Å². The van der Waals surface area contributed by atoms with Gasteiger partial charge in [-0.2, -0.15) is 0 Å². The van der Waals surface area contributed by atoms with Crippen molar-refractivity contribution in [2.24, 2.45) is 0 Å². The summed E-state index contributed by atoms with van der Waals surface area (Å²) in [4.78, 5) is 19.6. The topological polar surface area (TPSA) is 30.0 Å². The first-order chi connectivity index (χ1) is 8.74. The van der Waals surface area contributed by atoms with Crippen LogP contribution in [-0.4, -0.2) is 52.1 Å². The van der Waals surface area contributed by atoms with Crippen LogP contribution in [-0.2, 0) is 0 Å². The monoisotopic (exact) mass is 246 g/mol. The Bertz CT molecular complexity index is 366. The minimum Gasteiger partial charge on any atom is -0.354 e. The molecule has 0 aromatic carbocycles. The summed E-state index contributed by atoms with van der Waals surface area (Å²) in [5, 5.41) is 0. The summed E-state index contributed by atoms with van der Waals surface area (Å²) >= 11 is 0. The molecule has 0 fully saturated rings. The summed E-state index contributed by atoms with van der Waals surface area (Å²) < 4.78 is 0. The number of urea groups is 1. The summed E-state index contributed by atoms with van der Waals surface area (Å²) in [7, 11) is 0. The van der Waals surface area contributed by atoms with E-state index in [2.05, 4.69) is 13.2 Å². The molecule has 0 spiro atoms. The zero-order chi connectivity index (χ0) is 13.0. The Labute approximate surface area is 108 Å². The first-order valence-corrected chi connectivity index (χ1v) is 5.88. The zero-order valence-corrected chi connectivity index (χ0v) is 10.4. The maximum atomic E-state index is 12.2. The molecule has 5 heteroatoms. The molecule has 2 heterocycles. The predicted molar refractivity (Wildman–Crippen MR) is 70.9 cm³/mol. The second kappa shape index (κ2) is 5.44. The second-order valence-electron chi connectivity index (χ2n) is 4.22. The zero-order valence-electron chi connectivity index (χ0n) is 10.4. The van der Waals surface area contributed by atoms with Crippen LogP contribution < -0.4 is 0 Å². The molecule has 0 aromatic heterocycles. The number of carbonyl (C=O) groups excluding carboxylic acids is 1. The van der Waals surface area contributed by atoms with E-state index in [-0.39, 0.29) is 6.03 Å². The number of hydrogen-bond donors (Lipinski definition) is 0. The number of hydrogen-bond acceptors (Lipinski definition) is 3. The fraction of sp³-hybridized carbons (Fsp3) is 0.308. The largest absolute Gasteiger partial charge is 0.354 e. The maximum absolute atomic E-state index is 12.2. The molecule has 0 unspecified atom stereocenters. The highest BCUT2D eigenvalue weighted by atomic mass is 16.2. The summed E-state index contributed by atoms with van der Waals surface area (Å²) in [6.45, 7) is 10.0. The van der Waals surface area contributed by atoms with E-state index in [4.69, 9.17) is 0 Å². The molecule has 18 heavy (non-hydrogen) atoms. The van der Waals surface area contributed by atoms with E-state index in [9.17, 15) is 4.79 Å². The van der Waals surface area contributed by atoms with Crippen molar-refractivity contribution in [3.8, 4) is 0 Å². The van der Waals surface area contributed by atoms with Gasteiger partial charge in [0.25, 0.3) is 0 Å². The SMILES string of the molecule is C=CCN1C=CN(C(=O)N2C=CN(CC=C)C2)C1. The van der Waals surface area contributed by atoms with Gasteiger partial charge in [0.1, 0.15) is 0 Å². The Morgan fingerprint density at radius 1 is 0.944 bits per heavy atom. The van der Waals surface area contributed by atoms with E-state index in [0.29, 0.717) is 13.3 Å². The van der Waals surface area contributed by atoms with Gasteiger partial charge in [-0.3, -0.25) is 9.80 Å². The van der Waals surface area contributed by atoms with E-state index < -0.39 is 0 Å². The van der Waals surface area contributed by atoms with Gasteiger partial charge in [0, 0.05) is 37.9 Å². The normalized spacial score (nSPS) is 17.8. The Morgan fingerprint density at radius 2 is 1.39 bits per heavy atom. The molecule has 0 atom stereocenters. The molecule has 0 aromatic rings. The lowest BCUT2D eigenvalue weighted by Gasteiger charge is -2.24. The van der Waals surface area contributed by atoms with Gasteiger partial charge < -0.3 is 9.80 Å². The predicted octanol–water partition coefficient (Wildman–Crippen LogP) is 1.57. The molecule has 0 bridgehead atoms. The van der Waals surface area contributed by atoms with Crippen LogP contribution >= 0.6 is 0 Å². The van der Waals surface area contributed by atoms with Gasteiger partial charge in [-0.15, -0.1) is 13.2 Å². The van der Waals surface area contributed by atoms with E-state index in [1.54, 1.807) is 22.2 Å². The fourth-order valence-electron chi connectivity index (χ4n) is 1.91. The first-order valence-electron chi connectivity index (χ1n) is 5.88.